The normalized spacial score (nSPS) is 33.5. The number of ether oxygens (including phenoxy) is 4. The average molecular weight is 595 g/mol. The van der Waals surface area contributed by atoms with Gasteiger partial charge >= 0.3 is 0 Å². The second-order valence-electron chi connectivity index (χ2n) is 10.1. The van der Waals surface area contributed by atoms with Gasteiger partial charge in [0.15, 0.2) is 12.1 Å². The maximum Gasteiger partial charge on any atom is 0.238 e. The molecule has 1 aromatic heterocycles. The zero-order valence-electron chi connectivity index (χ0n) is 21.9. The van der Waals surface area contributed by atoms with Crippen molar-refractivity contribution in [2.45, 2.75) is 68.3 Å². The lowest BCUT2D eigenvalue weighted by molar-refractivity contribution is -0.318. The molecular weight excluding hydrogens is 564 g/mol. The molecule has 0 bridgehead atoms. The highest BCUT2D eigenvalue weighted by atomic mass is 16.7. The van der Waals surface area contributed by atoms with Crippen molar-refractivity contribution in [2.75, 3.05) is 6.61 Å². The fourth-order valence-electron chi connectivity index (χ4n) is 4.77. The van der Waals surface area contributed by atoms with E-state index in [1.807, 2.05) is 0 Å². The van der Waals surface area contributed by atoms with Crippen molar-refractivity contribution < 1.29 is 69.3 Å². The lowest BCUT2D eigenvalue weighted by Crippen LogP contribution is -2.61. The van der Waals surface area contributed by atoms with Crippen LogP contribution in [0.3, 0.4) is 0 Å². The second kappa shape index (κ2) is 11.6. The molecule has 2 aliphatic rings. The molecule has 2 aliphatic heterocycles. The molecule has 2 aromatic carbocycles. The van der Waals surface area contributed by atoms with E-state index in [9.17, 15) is 50.8 Å². The molecule has 0 radical (unpaired) electrons. The van der Waals surface area contributed by atoms with Gasteiger partial charge in [0, 0.05) is 17.7 Å². The molecule has 9 N–H and O–H groups in total. The van der Waals surface area contributed by atoms with Crippen LogP contribution in [0.5, 0.6) is 23.0 Å². The summed E-state index contributed by atoms with van der Waals surface area (Å²) in [5.41, 5.74) is -0.934. The van der Waals surface area contributed by atoms with Gasteiger partial charge in [-0.05, 0) is 31.2 Å². The predicted octanol–water partition coefficient (Wildman–Crippen LogP) is -1.39. The van der Waals surface area contributed by atoms with E-state index in [1.165, 1.54) is 37.3 Å². The summed E-state index contributed by atoms with van der Waals surface area (Å²) in [4.78, 5) is 12.8. The summed E-state index contributed by atoms with van der Waals surface area (Å²) < 4.78 is 27.7. The predicted molar refractivity (Wildman–Crippen MR) is 139 cm³/mol. The van der Waals surface area contributed by atoms with Gasteiger partial charge in [-0.15, -0.1) is 0 Å². The number of aliphatic hydroxyl groups is 6. The van der Waals surface area contributed by atoms with Crippen LogP contribution >= 0.6 is 0 Å². The van der Waals surface area contributed by atoms with E-state index < -0.39 is 84.9 Å². The number of rotatable bonds is 6. The van der Waals surface area contributed by atoms with Gasteiger partial charge < -0.3 is 69.3 Å². The minimum atomic E-state index is -1.80. The number of hydrogen-bond acceptors (Lipinski definition) is 15. The second-order valence-corrected chi connectivity index (χ2v) is 10.1. The van der Waals surface area contributed by atoms with Crippen molar-refractivity contribution >= 4 is 11.0 Å². The van der Waals surface area contributed by atoms with Gasteiger partial charge in [0.25, 0.3) is 0 Å². The standard InChI is InChI=1S/C27H30O15/c1-9-17(30)20(33)23(36)26(39-9)38-8-15-18(31)21(34)24(37)27(42-15)40-12-6-13(29)16-14(7-12)41-25(22(35)19(16)32)10-2-4-11(28)5-3-10/h2-7,9,15,17-18,20-21,23-24,26-31,33-37H,8H2,1H3/t9-,15+,17-,18+,20+,21-,23+,24+,26-,27+/m0/s1. The summed E-state index contributed by atoms with van der Waals surface area (Å²) in [5, 5.41) is 91.4. The molecule has 2 fully saturated rings. The molecule has 0 aliphatic carbocycles. The first-order chi connectivity index (χ1) is 19.9. The van der Waals surface area contributed by atoms with Crippen LogP contribution in [0.2, 0.25) is 0 Å². The SMILES string of the molecule is C[C@@H]1O[C@H](OC[C@H]2O[C@@H](Oc3cc(O)c4c(=O)c(O)c(-c5ccc(O)cc5)oc4c3)[C@H](O)[C@@H](O)[C@@H]2O)[C@H](O)[C@H](O)[C@H]1O. The van der Waals surface area contributed by atoms with Gasteiger partial charge in [0.05, 0.1) is 12.7 Å². The van der Waals surface area contributed by atoms with E-state index in [0.717, 1.165) is 6.07 Å². The van der Waals surface area contributed by atoms with Crippen LogP contribution < -0.4 is 10.2 Å². The topological polar surface area (TPSA) is 249 Å². The third-order valence-electron chi connectivity index (χ3n) is 7.21. The molecule has 15 nitrogen and oxygen atoms in total. The Morgan fingerprint density at radius 2 is 1.43 bits per heavy atom. The Kier molecular flexibility index (Phi) is 8.30. The van der Waals surface area contributed by atoms with Gasteiger partial charge in [-0.2, -0.15) is 0 Å². The zero-order chi connectivity index (χ0) is 30.5. The van der Waals surface area contributed by atoms with Gasteiger partial charge in [-0.25, -0.2) is 0 Å². The van der Waals surface area contributed by atoms with Gasteiger partial charge in [0.2, 0.25) is 17.5 Å². The molecule has 0 unspecified atom stereocenters. The Labute approximate surface area is 236 Å². The number of aromatic hydroxyl groups is 3. The van der Waals surface area contributed by atoms with Crippen molar-refractivity contribution in [3.8, 4) is 34.3 Å². The van der Waals surface area contributed by atoms with Gasteiger partial charge in [-0.3, -0.25) is 4.79 Å². The summed E-state index contributed by atoms with van der Waals surface area (Å²) in [6.07, 6.45) is -15.2. The summed E-state index contributed by atoms with van der Waals surface area (Å²) in [6, 6.07) is 7.55. The van der Waals surface area contributed by atoms with Crippen LogP contribution in [0.1, 0.15) is 6.92 Å². The van der Waals surface area contributed by atoms with Crippen LogP contribution in [0.4, 0.5) is 0 Å². The van der Waals surface area contributed by atoms with E-state index in [4.69, 9.17) is 23.4 Å². The fourth-order valence-corrected chi connectivity index (χ4v) is 4.77. The number of phenolic OH excluding ortho intramolecular Hbond substituents is 2. The maximum atomic E-state index is 12.8. The molecule has 2 saturated heterocycles. The number of hydrogen-bond donors (Lipinski definition) is 9. The molecule has 3 heterocycles. The monoisotopic (exact) mass is 594 g/mol. The Balaban J connectivity index is 1.37. The summed E-state index contributed by atoms with van der Waals surface area (Å²) in [5.74, 6) is -1.95. The highest BCUT2D eigenvalue weighted by Crippen LogP contribution is 2.37. The third kappa shape index (κ3) is 5.49. The van der Waals surface area contributed by atoms with Crippen molar-refractivity contribution in [1.82, 2.24) is 0 Å². The van der Waals surface area contributed by atoms with Crippen LogP contribution in [0.25, 0.3) is 22.3 Å². The number of benzene rings is 2. The molecule has 228 valence electrons. The molecular formula is C27H30O15. The van der Waals surface area contributed by atoms with Gasteiger partial charge in [0.1, 0.15) is 70.9 Å². The smallest absolute Gasteiger partial charge is 0.238 e. The van der Waals surface area contributed by atoms with Crippen molar-refractivity contribution in [1.29, 1.82) is 0 Å². The van der Waals surface area contributed by atoms with E-state index in [2.05, 4.69) is 0 Å². The van der Waals surface area contributed by atoms with Crippen LogP contribution in [0, 0.1) is 0 Å². The van der Waals surface area contributed by atoms with Crippen LogP contribution in [-0.4, -0.2) is 114 Å². The summed E-state index contributed by atoms with van der Waals surface area (Å²) >= 11 is 0. The molecule has 0 saturated carbocycles. The first-order valence-corrected chi connectivity index (χ1v) is 12.9. The van der Waals surface area contributed by atoms with Crippen LogP contribution in [-0.2, 0) is 14.2 Å². The van der Waals surface area contributed by atoms with Crippen molar-refractivity contribution in [3.63, 3.8) is 0 Å². The first kappa shape index (κ1) is 30.0. The Morgan fingerprint density at radius 1 is 0.786 bits per heavy atom. The Morgan fingerprint density at radius 3 is 2.12 bits per heavy atom. The molecule has 5 rings (SSSR count). The molecule has 0 amide bonds. The zero-order valence-corrected chi connectivity index (χ0v) is 21.9. The molecule has 0 spiro atoms. The number of fused-ring (bicyclic) bond motifs is 1. The van der Waals surface area contributed by atoms with Crippen molar-refractivity contribution in [2.24, 2.45) is 0 Å². The third-order valence-corrected chi connectivity index (χ3v) is 7.21. The summed E-state index contributed by atoms with van der Waals surface area (Å²) in [7, 11) is 0. The highest BCUT2D eigenvalue weighted by Gasteiger charge is 2.47. The summed E-state index contributed by atoms with van der Waals surface area (Å²) in [6.45, 7) is 0.928. The van der Waals surface area contributed by atoms with E-state index in [-0.39, 0.29) is 33.8 Å². The maximum absolute atomic E-state index is 12.8. The van der Waals surface area contributed by atoms with E-state index in [1.54, 1.807) is 0 Å². The Hall–Kier alpha value is -3.51. The molecule has 3 aromatic rings. The highest BCUT2D eigenvalue weighted by molar-refractivity contribution is 5.88. The van der Waals surface area contributed by atoms with E-state index in [0.29, 0.717) is 0 Å². The van der Waals surface area contributed by atoms with Crippen LogP contribution in [0.15, 0.2) is 45.6 Å². The fraction of sp³-hybridized carbons (Fsp3) is 0.444. The van der Waals surface area contributed by atoms with E-state index >= 15 is 0 Å². The van der Waals surface area contributed by atoms with Gasteiger partial charge in [-0.1, -0.05) is 0 Å². The average Bonchev–Trinajstić information content (AvgIpc) is 2.96. The quantitative estimate of drug-likeness (QED) is 0.159. The lowest BCUT2D eigenvalue weighted by Gasteiger charge is -2.42. The number of phenols is 2. The molecule has 42 heavy (non-hydrogen) atoms. The molecule has 10 atom stereocenters. The largest absolute Gasteiger partial charge is 0.508 e. The lowest BCUT2D eigenvalue weighted by atomic mass is 9.98. The minimum Gasteiger partial charge on any atom is -0.508 e. The first-order valence-electron chi connectivity index (χ1n) is 12.9. The number of aliphatic hydroxyl groups excluding tert-OH is 6. The van der Waals surface area contributed by atoms with Crippen molar-refractivity contribution in [3.05, 3.63) is 46.6 Å². The minimum absolute atomic E-state index is 0.0647. The molecule has 15 heteroatoms. The Bertz CT molecular complexity index is 1470.